The molecule has 0 aliphatic carbocycles. The molecular weight excluding hydrogens is 204 g/mol. The molecule has 0 bridgehead atoms. The molecule has 4 heteroatoms. The van der Waals surface area contributed by atoms with Crippen molar-refractivity contribution in [3.8, 4) is 0 Å². The second-order valence-electron chi connectivity index (χ2n) is 5.64. The van der Waals surface area contributed by atoms with Gasteiger partial charge in [-0.2, -0.15) is 0 Å². The number of ether oxygens (including phenoxy) is 1. The summed E-state index contributed by atoms with van der Waals surface area (Å²) in [6, 6.07) is 0.426. The van der Waals surface area contributed by atoms with E-state index in [-0.39, 0.29) is 5.41 Å². The van der Waals surface area contributed by atoms with Gasteiger partial charge in [-0.05, 0) is 33.2 Å². The van der Waals surface area contributed by atoms with Gasteiger partial charge in [0.15, 0.2) is 0 Å². The van der Waals surface area contributed by atoms with Crippen molar-refractivity contribution in [2.24, 2.45) is 11.1 Å². The fourth-order valence-corrected chi connectivity index (χ4v) is 3.23. The lowest BCUT2D eigenvalue weighted by molar-refractivity contribution is -0.136. The first-order valence-electron chi connectivity index (χ1n) is 6.23. The highest BCUT2D eigenvalue weighted by molar-refractivity contribution is 5.07. The Hall–Kier alpha value is -0.160. The van der Waals surface area contributed by atoms with Gasteiger partial charge in [0.2, 0.25) is 0 Å². The Bertz CT molecular complexity index is 241. The Labute approximate surface area is 97.7 Å². The number of nitrogens with two attached hydrogens (primary N) is 1. The van der Waals surface area contributed by atoms with Crippen LogP contribution in [0.15, 0.2) is 0 Å². The van der Waals surface area contributed by atoms with Crippen LogP contribution in [0.25, 0.3) is 0 Å². The van der Waals surface area contributed by atoms with E-state index in [1.54, 1.807) is 0 Å². The average molecular weight is 228 g/mol. The molecule has 4 nitrogen and oxygen atoms in total. The lowest BCUT2D eigenvalue weighted by atomic mass is 9.67. The molecule has 0 spiro atoms. The van der Waals surface area contributed by atoms with Crippen LogP contribution in [0.2, 0.25) is 0 Å². The summed E-state index contributed by atoms with van der Waals surface area (Å²) in [4.78, 5) is 2.21. The van der Waals surface area contributed by atoms with Crippen LogP contribution in [0.1, 0.15) is 26.2 Å². The number of aliphatic hydroxyl groups is 1. The summed E-state index contributed by atoms with van der Waals surface area (Å²) in [5.41, 5.74) is 5.03. The number of rotatable bonds is 2. The van der Waals surface area contributed by atoms with Gasteiger partial charge in [0.05, 0.1) is 12.2 Å². The maximum atomic E-state index is 10.9. The SMILES string of the molecule is CC1CC(O)(C2(CN)CCCOC2)CN1C. The van der Waals surface area contributed by atoms with Crippen LogP contribution < -0.4 is 5.73 Å². The van der Waals surface area contributed by atoms with Gasteiger partial charge >= 0.3 is 0 Å². The first-order chi connectivity index (χ1) is 7.53. The number of hydrogen-bond donors (Lipinski definition) is 2. The summed E-state index contributed by atoms with van der Waals surface area (Å²) in [7, 11) is 2.07. The van der Waals surface area contributed by atoms with E-state index in [4.69, 9.17) is 10.5 Å². The second kappa shape index (κ2) is 4.26. The van der Waals surface area contributed by atoms with Crippen LogP contribution in [0.5, 0.6) is 0 Å². The highest BCUT2D eigenvalue weighted by Crippen LogP contribution is 2.45. The van der Waals surface area contributed by atoms with E-state index in [0.717, 1.165) is 25.9 Å². The topological polar surface area (TPSA) is 58.7 Å². The molecule has 2 aliphatic rings. The normalized spacial score (nSPS) is 46.1. The van der Waals surface area contributed by atoms with Crippen molar-refractivity contribution < 1.29 is 9.84 Å². The molecule has 16 heavy (non-hydrogen) atoms. The minimum absolute atomic E-state index is 0.232. The molecule has 0 radical (unpaired) electrons. The second-order valence-corrected chi connectivity index (χ2v) is 5.64. The summed E-state index contributed by atoms with van der Waals surface area (Å²) in [5, 5.41) is 10.9. The highest BCUT2D eigenvalue weighted by Gasteiger charge is 2.54. The van der Waals surface area contributed by atoms with Gasteiger partial charge in [0.1, 0.15) is 0 Å². The Morgan fingerprint density at radius 1 is 1.56 bits per heavy atom. The van der Waals surface area contributed by atoms with Gasteiger partial charge < -0.3 is 20.5 Å². The van der Waals surface area contributed by atoms with Gasteiger partial charge in [-0.1, -0.05) is 0 Å². The number of nitrogens with zero attached hydrogens (tertiary/aromatic N) is 1. The van der Waals surface area contributed by atoms with E-state index >= 15 is 0 Å². The van der Waals surface area contributed by atoms with E-state index in [2.05, 4.69) is 18.9 Å². The molecule has 2 aliphatic heterocycles. The van der Waals surface area contributed by atoms with Gasteiger partial charge in [0, 0.05) is 31.2 Å². The van der Waals surface area contributed by atoms with Crippen LogP contribution in [0.4, 0.5) is 0 Å². The Balaban J connectivity index is 2.20. The zero-order valence-corrected chi connectivity index (χ0v) is 10.4. The van der Waals surface area contributed by atoms with Crippen molar-refractivity contribution >= 4 is 0 Å². The Kier molecular flexibility index (Phi) is 3.27. The van der Waals surface area contributed by atoms with Crippen molar-refractivity contribution in [3.05, 3.63) is 0 Å². The number of likely N-dealkylation sites (tertiary alicyclic amines) is 1. The zero-order valence-electron chi connectivity index (χ0n) is 10.4. The Morgan fingerprint density at radius 3 is 2.75 bits per heavy atom. The first kappa shape index (κ1) is 12.3. The lowest BCUT2D eigenvalue weighted by Gasteiger charge is -2.46. The summed E-state index contributed by atoms with van der Waals surface area (Å²) >= 11 is 0. The predicted molar refractivity (Wildman–Crippen MR) is 63.2 cm³/mol. The first-order valence-corrected chi connectivity index (χ1v) is 6.23. The maximum absolute atomic E-state index is 10.9. The molecule has 2 rings (SSSR count). The molecule has 3 N–H and O–H groups in total. The van der Waals surface area contributed by atoms with Crippen LogP contribution in [-0.2, 0) is 4.74 Å². The minimum Gasteiger partial charge on any atom is -0.388 e. The monoisotopic (exact) mass is 228 g/mol. The fourth-order valence-electron chi connectivity index (χ4n) is 3.23. The molecular formula is C12H24N2O2. The largest absolute Gasteiger partial charge is 0.388 e. The van der Waals surface area contributed by atoms with Gasteiger partial charge in [0.25, 0.3) is 0 Å². The smallest absolute Gasteiger partial charge is 0.0878 e. The van der Waals surface area contributed by atoms with E-state index in [0.29, 0.717) is 25.7 Å². The molecule has 0 aromatic heterocycles. The van der Waals surface area contributed by atoms with Crippen LogP contribution in [0.3, 0.4) is 0 Å². The quantitative estimate of drug-likeness (QED) is 0.709. The third-order valence-corrected chi connectivity index (χ3v) is 4.60. The van der Waals surface area contributed by atoms with Crippen LogP contribution in [0, 0.1) is 5.41 Å². The fraction of sp³-hybridized carbons (Fsp3) is 1.00. The van der Waals surface area contributed by atoms with E-state index in [1.807, 2.05) is 0 Å². The van der Waals surface area contributed by atoms with Crippen molar-refractivity contribution in [1.29, 1.82) is 0 Å². The molecule has 2 heterocycles. The van der Waals surface area contributed by atoms with Gasteiger partial charge in [-0.3, -0.25) is 0 Å². The van der Waals surface area contributed by atoms with E-state index in [1.165, 1.54) is 0 Å². The van der Waals surface area contributed by atoms with Crippen LogP contribution >= 0.6 is 0 Å². The highest BCUT2D eigenvalue weighted by atomic mass is 16.5. The van der Waals surface area contributed by atoms with E-state index in [9.17, 15) is 5.11 Å². The predicted octanol–water partition coefficient (Wildman–Crippen LogP) is 0.197. The summed E-state index contributed by atoms with van der Waals surface area (Å²) < 4.78 is 5.57. The minimum atomic E-state index is -0.670. The molecule has 0 saturated carbocycles. The standard InChI is InChI=1S/C12H24N2O2/c1-10-6-12(15,8-14(10)2)11(7-13)4-3-5-16-9-11/h10,15H,3-9,13H2,1-2H3. The average Bonchev–Trinajstić information content (AvgIpc) is 2.55. The van der Waals surface area contributed by atoms with Crippen LogP contribution in [-0.4, -0.2) is 55.0 Å². The summed E-state index contributed by atoms with van der Waals surface area (Å²) in [6.07, 6.45) is 2.81. The molecule has 3 atom stereocenters. The molecule has 2 fully saturated rings. The van der Waals surface area contributed by atoms with Crippen molar-refractivity contribution in [2.75, 3.05) is 33.4 Å². The molecule has 2 saturated heterocycles. The van der Waals surface area contributed by atoms with Crippen molar-refractivity contribution in [3.63, 3.8) is 0 Å². The third kappa shape index (κ3) is 1.78. The number of likely N-dealkylation sites (N-methyl/N-ethyl adjacent to an activating group) is 1. The molecule has 0 amide bonds. The van der Waals surface area contributed by atoms with Gasteiger partial charge in [-0.15, -0.1) is 0 Å². The van der Waals surface area contributed by atoms with Crippen molar-refractivity contribution in [1.82, 2.24) is 4.90 Å². The molecule has 0 aromatic rings. The lowest BCUT2D eigenvalue weighted by Crippen LogP contribution is -2.58. The number of β-amino-alcohol motifs (C(OH)–C–C–N with tert-alkyl or cyclic N) is 1. The third-order valence-electron chi connectivity index (χ3n) is 4.60. The molecule has 94 valence electrons. The Morgan fingerprint density at radius 2 is 2.31 bits per heavy atom. The zero-order chi connectivity index (χ0) is 11.8. The van der Waals surface area contributed by atoms with Gasteiger partial charge in [-0.25, -0.2) is 0 Å². The molecule has 3 unspecified atom stereocenters. The number of hydrogen-bond acceptors (Lipinski definition) is 4. The summed E-state index contributed by atoms with van der Waals surface area (Å²) in [5.74, 6) is 0. The van der Waals surface area contributed by atoms with Crippen molar-refractivity contribution in [2.45, 2.75) is 37.8 Å². The summed E-state index contributed by atoms with van der Waals surface area (Å²) in [6.45, 7) is 4.81. The maximum Gasteiger partial charge on any atom is 0.0878 e. The van der Waals surface area contributed by atoms with E-state index < -0.39 is 5.60 Å². The molecule has 0 aromatic carbocycles.